The smallest absolute Gasteiger partial charge is 0.221 e. The highest BCUT2D eigenvalue weighted by Gasteiger charge is 2.12. The van der Waals surface area contributed by atoms with Crippen molar-refractivity contribution in [3.63, 3.8) is 0 Å². The number of aryl methyl sites for hydroxylation is 1. The average Bonchev–Trinajstić information content (AvgIpc) is 2.61. The lowest BCUT2D eigenvalue weighted by atomic mass is 9.97. The molecule has 0 atom stereocenters. The van der Waals surface area contributed by atoms with Crippen LogP contribution in [-0.2, 0) is 16.1 Å². The van der Waals surface area contributed by atoms with E-state index in [2.05, 4.69) is 11.4 Å². The highest BCUT2D eigenvalue weighted by atomic mass is 16.2. The molecule has 0 saturated carbocycles. The first-order valence-corrected chi connectivity index (χ1v) is 9.30. The fourth-order valence-corrected chi connectivity index (χ4v) is 3.08. The van der Waals surface area contributed by atoms with Gasteiger partial charge in [-0.1, -0.05) is 41.5 Å². The van der Waals surface area contributed by atoms with Crippen LogP contribution in [0.1, 0.15) is 56.6 Å². The van der Waals surface area contributed by atoms with Gasteiger partial charge in [-0.2, -0.15) is 0 Å². The Bertz CT molecular complexity index is 605. The molecule has 2 rings (SSSR count). The number of nitrogens with one attached hydrogen (secondary N) is 1. The van der Waals surface area contributed by atoms with Gasteiger partial charge in [-0.05, 0) is 44.6 Å². The van der Waals surface area contributed by atoms with Gasteiger partial charge in [0.2, 0.25) is 11.8 Å². The van der Waals surface area contributed by atoms with Crippen molar-refractivity contribution in [2.75, 3.05) is 13.1 Å². The van der Waals surface area contributed by atoms with Gasteiger partial charge in [0.25, 0.3) is 0 Å². The average molecular weight is 342 g/mol. The van der Waals surface area contributed by atoms with Crippen LogP contribution in [0.3, 0.4) is 0 Å². The predicted octanol–water partition coefficient (Wildman–Crippen LogP) is 3.74. The van der Waals surface area contributed by atoms with Gasteiger partial charge in [0, 0.05) is 33.0 Å². The number of amides is 2. The van der Waals surface area contributed by atoms with E-state index in [1.54, 1.807) is 11.8 Å². The van der Waals surface area contributed by atoms with Crippen molar-refractivity contribution in [1.82, 2.24) is 10.2 Å². The highest BCUT2D eigenvalue weighted by Crippen LogP contribution is 2.19. The Hall–Kier alpha value is -2.10. The molecule has 0 fully saturated rings. The SMILES string of the molecule is CC(=O)N(CCC(=O)NCCC1=CCCCC1)Cc1ccc(C)cc1. The van der Waals surface area contributed by atoms with Gasteiger partial charge < -0.3 is 10.2 Å². The monoisotopic (exact) mass is 342 g/mol. The summed E-state index contributed by atoms with van der Waals surface area (Å²) in [6.45, 7) is 5.30. The molecule has 1 aromatic carbocycles. The van der Waals surface area contributed by atoms with Crippen LogP contribution in [0, 0.1) is 6.92 Å². The molecule has 25 heavy (non-hydrogen) atoms. The Morgan fingerprint density at radius 2 is 1.92 bits per heavy atom. The molecule has 4 nitrogen and oxygen atoms in total. The van der Waals surface area contributed by atoms with Crippen LogP contribution in [0.4, 0.5) is 0 Å². The van der Waals surface area contributed by atoms with Crippen LogP contribution in [0.25, 0.3) is 0 Å². The van der Waals surface area contributed by atoms with Crippen molar-refractivity contribution in [2.45, 2.75) is 58.9 Å². The zero-order valence-electron chi connectivity index (χ0n) is 15.5. The van der Waals surface area contributed by atoms with E-state index in [0.717, 1.165) is 12.0 Å². The lowest BCUT2D eigenvalue weighted by Crippen LogP contribution is -2.33. The molecule has 0 spiro atoms. The van der Waals surface area contributed by atoms with Crippen molar-refractivity contribution >= 4 is 11.8 Å². The molecule has 1 aromatic rings. The van der Waals surface area contributed by atoms with E-state index in [0.29, 0.717) is 26.1 Å². The fourth-order valence-electron chi connectivity index (χ4n) is 3.08. The van der Waals surface area contributed by atoms with Gasteiger partial charge in [0.15, 0.2) is 0 Å². The third-order valence-electron chi connectivity index (χ3n) is 4.70. The van der Waals surface area contributed by atoms with Gasteiger partial charge in [-0.15, -0.1) is 0 Å². The van der Waals surface area contributed by atoms with Crippen molar-refractivity contribution < 1.29 is 9.59 Å². The number of allylic oxidation sites excluding steroid dienone is 1. The first-order valence-electron chi connectivity index (χ1n) is 9.30. The Kier molecular flexibility index (Phi) is 7.71. The van der Waals surface area contributed by atoms with Gasteiger partial charge in [0.1, 0.15) is 0 Å². The van der Waals surface area contributed by atoms with E-state index in [4.69, 9.17) is 0 Å². The van der Waals surface area contributed by atoms with Crippen LogP contribution in [0.15, 0.2) is 35.9 Å². The minimum atomic E-state index is 0.000682. The highest BCUT2D eigenvalue weighted by molar-refractivity contribution is 5.78. The molecule has 2 amide bonds. The fraction of sp³-hybridized carbons (Fsp3) is 0.524. The Balaban J connectivity index is 1.72. The molecule has 0 aliphatic heterocycles. The topological polar surface area (TPSA) is 49.4 Å². The second-order valence-corrected chi connectivity index (χ2v) is 6.88. The zero-order chi connectivity index (χ0) is 18.1. The van der Waals surface area contributed by atoms with Crippen LogP contribution < -0.4 is 5.32 Å². The molecule has 1 N–H and O–H groups in total. The summed E-state index contributed by atoms with van der Waals surface area (Å²) >= 11 is 0. The Morgan fingerprint density at radius 3 is 2.56 bits per heavy atom. The number of hydrogen-bond donors (Lipinski definition) is 1. The van der Waals surface area contributed by atoms with Crippen molar-refractivity contribution in [1.29, 1.82) is 0 Å². The summed E-state index contributed by atoms with van der Waals surface area (Å²) in [6.07, 6.45) is 8.52. The van der Waals surface area contributed by atoms with Crippen molar-refractivity contribution in [3.8, 4) is 0 Å². The van der Waals surface area contributed by atoms with Crippen LogP contribution in [0.2, 0.25) is 0 Å². The van der Waals surface area contributed by atoms with Gasteiger partial charge >= 0.3 is 0 Å². The van der Waals surface area contributed by atoms with Crippen LogP contribution in [0.5, 0.6) is 0 Å². The maximum atomic E-state index is 12.0. The second-order valence-electron chi connectivity index (χ2n) is 6.88. The third kappa shape index (κ3) is 7.12. The number of carbonyl (C=O) groups excluding carboxylic acids is 2. The molecule has 0 aromatic heterocycles. The van der Waals surface area contributed by atoms with Crippen LogP contribution in [-0.4, -0.2) is 29.8 Å². The van der Waals surface area contributed by atoms with Gasteiger partial charge in [-0.3, -0.25) is 9.59 Å². The van der Waals surface area contributed by atoms with Crippen molar-refractivity contribution in [2.24, 2.45) is 0 Å². The number of hydrogen-bond acceptors (Lipinski definition) is 2. The quantitative estimate of drug-likeness (QED) is 0.732. The van der Waals surface area contributed by atoms with Gasteiger partial charge in [0.05, 0.1) is 0 Å². The normalized spacial score (nSPS) is 13.9. The molecule has 4 heteroatoms. The molecular weight excluding hydrogens is 312 g/mol. The first kappa shape index (κ1) is 19.2. The summed E-state index contributed by atoms with van der Waals surface area (Å²) in [4.78, 5) is 25.6. The lowest BCUT2D eigenvalue weighted by Gasteiger charge is -2.21. The molecule has 0 radical (unpaired) electrons. The summed E-state index contributed by atoms with van der Waals surface area (Å²) in [7, 11) is 0. The minimum absolute atomic E-state index is 0.000682. The number of benzene rings is 1. The summed E-state index contributed by atoms with van der Waals surface area (Å²) < 4.78 is 0. The zero-order valence-corrected chi connectivity index (χ0v) is 15.5. The van der Waals surface area contributed by atoms with E-state index < -0.39 is 0 Å². The summed E-state index contributed by atoms with van der Waals surface area (Å²) in [5.41, 5.74) is 3.76. The summed E-state index contributed by atoms with van der Waals surface area (Å²) in [5, 5.41) is 2.98. The molecule has 0 heterocycles. The Labute approximate surface area is 151 Å². The Morgan fingerprint density at radius 1 is 1.16 bits per heavy atom. The van der Waals surface area contributed by atoms with Crippen LogP contribution >= 0.6 is 0 Å². The minimum Gasteiger partial charge on any atom is -0.356 e. The van der Waals surface area contributed by atoms with E-state index >= 15 is 0 Å². The van der Waals surface area contributed by atoms with E-state index in [-0.39, 0.29) is 11.8 Å². The molecule has 136 valence electrons. The standard InChI is InChI=1S/C21H30N2O2/c1-17-8-10-20(11-9-17)16-23(18(2)24)15-13-21(25)22-14-12-19-6-4-3-5-7-19/h6,8-11H,3-5,7,12-16H2,1-2H3,(H,22,25). The maximum absolute atomic E-state index is 12.0. The molecule has 0 saturated heterocycles. The van der Waals surface area contributed by atoms with E-state index in [9.17, 15) is 9.59 Å². The van der Waals surface area contributed by atoms with Crippen molar-refractivity contribution in [3.05, 3.63) is 47.0 Å². The first-order chi connectivity index (χ1) is 12.0. The third-order valence-corrected chi connectivity index (χ3v) is 4.70. The summed E-state index contributed by atoms with van der Waals surface area (Å²) in [6, 6.07) is 8.15. The van der Waals surface area contributed by atoms with Gasteiger partial charge in [-0.25, -0.2) is 0 Å². The largest absolute Gasteiger partial charge is 0.356 e. The molecule has 1 aliphatic rings. The summed E-state index contributed by atoms with van der Waals surface area (Å²) in [5.74, 6) is 0.0206. The molecule has 0 bridgehead atoms. The predicted molar refractivity (Wildman–Crippen MR) is 101 cm³/mol. The molecular formula is C21H30N2O2. The number of nitrogens with zero attached hydrogens (tertiary/aromatic N) is 1. The van der Waals surface area contributed by atoms with E-state index in [1.165, 1.54) is 36.8 Å². The maximum Gasteiger partial charge on any atom is 0.221 e. The molecule has 1 aliphatic carbocycles. The van der Waals surface area contributed by atoms with E-state index in [1.807, 2.05) is 31.2 Å². The number of rotatable bonds is 8. The molecule has 0 unspecified atom stereocenters. The lowest BCUT2D eigenvalue weighted by molar-refractivity contribution is -0.130. The second kappa shape index (κ2) is 10.0. The number of carbonyl (C=O) groups is 2.